The van der Waals surface area contributed by atoms with Gasteiger partial charge in [-0.2, -0.15) is 0 Å². The number of rotatable bonds is 1. The summed E-state index contributed by atoms with van der Waals surface area (Å²) in [6, 6.07) is 14.4. The molecule has 3 rings (SSSR count). The highest BCUT2D eigenvalue weighted by Gasteiger charge is 2.22. The molecule has 0 amide bonds. The fourth-order valence-electron chi connectivity index (χ4n) is 2.99. The predicted molar refractivity (Wildman–Crippen MR) is 85.0 cm³/mol. The van der Waals surface area contributed by atoms with Crippen LogP contribution in [0, 0.1) is 0 Å². The lowest BCUT2D eigenvalue weighted by Crippen LogP contribution is -2.17. The number of phenols is 1. The molecule has 104 valence electrons. The van der Waals surface area contributed by atoms with Gasteiger partial charge in [0.25, 0.3) is 0 Å². The zero-order chi connectivity index (χ0) is 14.1. The summed E-state index contributed by atoms with van der Waals surface area (Å²) in [6.07, 6.45) is 1.11. The summed E-state index contributed by atoms with van der Waals surface area (Å²) in [7, 11) is 2.14. The number of fused-ring (bicyclic) bond motifs is 1. The second kappa shape index (κ2) is 5.58. The van der Waals surface area contributed by atoms with Crippen LogP contribution in [-0.2, 0) is 6.54 Å². The third-order valence-electron chi connectivity index (χ3n) is 4.01. The average Bonchev–Trinajstić information content (AvgIpc) is 2.58. The van der Waals surface area contributed by atoms with Crippen LogP contribution in [0.4, 0.5) is 0 Å². The van der Waals surface area contributed by atoms with Crippen molar-refractivity contribution in [3.8, 4) is 5.75 Å². The minimum atomic E-state index is 0.355. The van der Waals surface area contributed by atoms with Gasteiger partial charge in [0.15, 0.2) is 0 Å². The van der Waals surface area contributed by atoms with Crippen molar-refractivity contribution in [3.63, 3.8) is 0 Å². The standard InChI is InChI=1S/C17H18BrNO/c1-19-9-8-17(12-2-4-14(18)5-3-12)16-7-6-15(20)10-13(16)11-19/h2-7,10,17,20H,8-9,11H2,1H3/t17-/m0/s1. The smallest absolute Gasteiger partial charge is 0.115 e. The summed E-state index contributed by atoms with van der Waals surface area (Å²) in [5, 5.41) is 9.73. The summed E-state index contributed by atoms with van der Waals surface area (Å²) in [5.74, 6) is 0.761. The summed E-state index contributed by atoms with van der Waals surface area (Å²) < 4.78 is 1.11. The zero-order valence-electron chi connectivity index (χ0n) is 11.5. The van der Waals surface area contributed by atoms with Crippen LogP contribution in [0.1, 0.15) is 29.0 Å². The maximum atomic E-state index is 9.73. The molecule has 1 aliphatic heterocycles. The van der Waals surface area contributed by atoms with Crippen LogP contribution in [0.5, 0.6) is 5.75 Å². The molecule has 2 aromatic carbocycles. The molecule has 1 aliphatic rings. The molecule has 2 aromatic rings. The molecule has 0 radical (unpaired) electrons. The van der Waals surface area contributed by atoms with E-state index >= 15 is 0 Å². The van der Waals surface area contributed by atoms with Gasteiger partial charge in [-0.1, -0.05) is 34.1 Å². The number of hydrogen-bond donors (Lipinski definition) is 1. The molecular formula is C17H18BrNO. The lowest BCUT2D eigenvalue weighted by Gasteiger charge is -2.18. The second-order valence-electron chi connectivity index (χ2n) is 5.51. The van der Waals surface area contributed by atoms with Crippen molar-refractivity contribution in [1.82, 2.24) is 4.90 Å². The van der Waals surface area contributed by atoms with E-state index in [2.05, 4.69) is 58.2 Å². The summed E-state index contributed by atoms with van der Waals surface area (Å²) >= 11 is 3.49. The summed E-state index contributed by atoms with van der Waals surface area (Å²) in [5.41, 5.74) is 3.92. The molecule has 0 saturated heterocycles. The molecule has 0 spiro atoms. The Hall–Kier alpha value is -1.32. The van der Waals surface area contributed by atoms with Gasteiger partial charge in [0.1, 0.15) is 5.75 Å². The van der Waals surface area contributed by atoms with Crippen LogP contribution >= 0.6 is 15.9 Å². The van der Waals surface area contributed by atoms with Crippen LogP contribution in [0.15, 0.2) is 46.9 Å². The molecule has 1 N–H and O–H groups in total. The Balaban J connectivity index is 2.05. The second-order valence-corrected chi connectivity index (χ2v) is 6.43. The molecule has 0 aliphatic carbocycles. The minimum absolute atomic E-state index is 0.355. The molecule has 0 unspecified atom stereocenters. The molecule has 20 heavy (non-hydrogen) atoms. The van der Waals surface area contributed by atoms with E-state index in [1.165, 1.54) is 16.7 Å². The predicted octanol–water partition coefficient (Wildman–Crippen LogP) is 4.12. The first-order valence-electron chi connectivity index (χ1n) is 6.89. The maximum Gasteiger partial charge on any atom is 0.115 e. The molecule has 1 heterocycles. The first-order valence-corrected chi connectivity index (χ1v) is 7.68. The monoisotopic (exact) mass is 331 g/mol. The molecule has 0 bridgehead atoms. The van der Waals surface area contributed by atoms with Gasteiger partial charge in [0, 0.05) is 16.9 Å². The number of phenolic OH excluding ortho intramolecular Hbond substituents is 1. The van der Waals surface area contributed by atoms with Gasteiger partial charge in [-0.15, -0.1) is 0 Å². The van der Waals surface area contributed by atoms with Crippen molar-refractivity contribution in [2.45, 2.75) is 18.9 Å². The molecule has 3 heteroatoms. The Morgan fingerprint density at radius 3 is 2.65 bits per heavy atom. The molecule has 2 nitrogen and oxygen atoms in total. The highest BCUT2D eigenvalue weighted by molar-refractivity contribution is 9.10. The van der Waals surface area contributed by atoms with E-state index in [-0.39, 0.29) is 0 Å². The van der Waals surface area contributed by atoms with E-state index < -0.39 is 0 Å². The Morgan fingerprint density at radius 1 is 1.15 bits per heavy atom. The Bertz CT molecular complexity index is 609. The number of nitrogens with zero attached hydrogens (tertiary/aromatic N) is 1. The van der Waals surface area contributed by atoms with Crippen molar-refractivity contribution in [1.29, 1.82) is 0 Å². The van der Waals surface area contributed by atoms with Gasteiger partial charge in [0.05, 0.1) is 0 Å². The third kappa shape index (κ3) is 2.74. The fraction of sp³-hybridized carbons (Fsp3) is 0.294. The van der Waals surface area contributed by atoms with Crippen molar-refractivity contribution in [2.24, 2.45) is 0 Å². The van der Waals surface area contributed by atoms with E-state index in [1.54, 1.807) is 6.07 Å². The van der Waals surface area contributed by atoms with E-state index in [9.17, 15) is 5.11 Å². The number of benzene rings is 2. The van der Waals surface area contributed by atoms with E-state index in [0.29, 0.717) is 11.7 Å². The SMILES string of the molecule is CN1CC[C@@H](c2ccc(Br)cc2)c2ccc(O)cc2C1. The van der Waals surface area contributed by atoms with Gasteiger partial charge in [0.2, 0.25) is 0 Å². The molecule has 0 aromatic heterocycles. The topological polar surface area (TPSA) is 23.5 Å². The lowest BCUT2D eigenvalue weighted by atomic mass is 9.86. The molecular weight excluding hydrogens is 314 g/mol. The van der Waals surface area contributed by atoms with Gasteiger partial charge in [-0.05, 0) is 61.0 Å². The van der Waals surface area contributed by atoms with Gasteiger partial charge in [-0.3, -0.25) is 0 Å². The van der Waals surface area contributed by atoms with Crippen molar-refractivity contribution >= 4 is 15.9 Å². The highest BCUT2D eigenvalue weighted by Crippen LogP contribution is 2.35. The summed E-state index contributed by atoms with van der Waals surface area (Å²) in [4.78, 5) is 2.32. The van der Waals surface area contributed by atoms with Crippen molar-refractivity contribution in [3.05, 3.63) is 63.6 Å². The Morgan fingerprint density at radius 2 is 1.90 bits per heavy atom. The lowest BCUT2D eigenvalue weighted by molar-refractivity contribution is 0.328. The van der Waals surface area contributed by atoms with Crippen LogP contribution in [-0.4, -0.2) is 23.6 Å². The normalized spacial score (nSPS) is 19.4. The first kappa shape index (κ1) is 13.7. The number of aromatic hydroxyl groups is 1. The first-order chi connectivity index (χ1) is 9.63. The van der Waals surface area contributed by atoms with E-state index in [4.69, 9.17) is 0 Å². The van der Waals surface area contributed by atoms with E-state index in [1.807, 2.05) is 6.07 Å². The molecule has 0 fully saturated rings. The largest absolute Gasteiger partial charge is 0.508 e. The zero-order valence-corrected chi connectivity index (χ0v) is 13.1. The van der Waals surface area contributed by atoms with Crippen LogP contribution in [0.2, 0.25) is 0 Å². The van der Waals surface area contributed by atoms with Gasteiger partial charge >= 0.3 is 0 Å². The Labute approximate surface area is 128 Å². The van der Waals surface area contributed by atoms with Gasteiger partial charge < -0.3 is 10.0 Å². The minimum Gasteiger partial charge on any atom is -0.508 e. The fourth-order valence-corrected chi connectivity index (χ4v) is 3.25. The molecule has 1 atom stereocenters. The number of hydrogen-bond acceptors (Lipinski definition) is 2. The third-order valence-corrected chi connectivity index (χ3v) is 4.54. The quantitative estimate of drug-likeness (QED) is 0.849. The highest BCUT2D eigenvalue weighted by atomic mass is 79.9. The van der Waals surface area contributed by atoms with Crippen LogP contribution < -0.4 is 0 Å². The summed E-state index contributed by atoms with van der Waals surface area (Å²) in [6.45, 7) is 1.97. The average molecular weight is 332 g/mol. The van der Waals surface area contributed by atoms with Crippen LogP contribution in [0.3, 0.4) is 0 Å². The van der Waals surface area contributed by atoms with Crippen LogP contribution in [0.25, 0.3) is 0 Å². The maximum absolute atomic E-state index is 9.73. The van der Waals surface area contributed by atoms with E-state index in [0.717, 1.165) is 24.0 Å². The van der Waals surface area contributed by atoms with Crippen molar-refractivity contribution in [2.75, 3.05) is 13.6 Å². The molecule has 0 saturated carbocycles. The number of halogens is 1. The van der Waals surface area contributed by atoms with Gasteiger partial charge in [-0.25, -0.2) is 0 Å². The van der Waals surface area contributed by atoms with Crippen molar-refractivity contribution < 1.29 is 5.11 Å². The Kier molecular flexibility index (Phi) is 3.81.